The minimum Gasteiger partial charge on any atom is -0.296 e. The Morgan fingerprint density at radius 3 is 2.13 bits per heavy atom. The number of aliphatic imine (C=N–C) groups is 1. The van der Waals surface area contributed by atoms with Gasteiger partial charge in [-0.3, -0.25) is 4.99 Å². The zero-order valence-electron chi connectivity index (χ0n) is 10.8. The molecule has 0 saturated heterocycles. The first-order valence-electron chi connectivity index (χ1n) is 5.46. The van der Waals surface area contributed by atoms with E-state index in [-0.39, 0.29) is 0 Å². The maximum Gasteiger partial charge on any atom is 0.0277 e. The summed E-state index contributed by atoms with van der Waals surface area (Å²) in [7, 11) is 1.81. The third-order valence-corrected chi connectivity index (χ3v) is 2.50. The van der Waals surface area contributed by atoms with Gasteiger partial charge in [-0.05, 0) is 38.8 Å². The van der Waals surface area contributed by atoms with Crippen molar-refractivity contribution in [2.45, 2.75) is 34.6 Å². The number of nitrogens with zero attached hydrogens (tertiary/aromatic N) is 1. The van der Waals surface area contributed by atoms with Crippen molar-refractivity contribution in [2.75, 3.05) is 7.05 Å². The molecule has 0 saturated carbocycles. The molecule has 0 N–H and O–H groups in total. The Balaban J connectivity index is 5.11. The summed E-state index contributed by atoms with van der Waals surface area (Å²) in [6.45, 7) is 10.6. The van der Waals surface area contributed by atoms with Gasteiger partial charge in [0.15, 0.2) is 0 Å². The molecule has 84 valence electrons. The third kappa shape index (κ3) is 4.28. The van der Waals surface area contributed by atoms with E-state index in [0.29, 0.717) is 5.92 Å². The second kappa shape index (κ2) is 7.22. The minimum atomic E-state index is 0.417. The minimum absolute atomic E-state index is 0.417. The van der Waals surface area contributed by atoms with Crippen LogP contribution in [0, 0.1) is 5.92 Å². The van der Waals surface area contributed by atoms with E-state index < -0.39 is 0 Å². The topological polar surface area (TPSA) is 12.4 Å². The quantitative estimate of drug-likeness (QED) is 0.482. The molecule has 1 nitrogen and oxygen atoms in total. The van der Waals surface area contributed by atoms with Crippen molar-refractivity contribution in [3.63, 3.8) is 0 Å². The predicted molar refractivity (Wildman–Crippen MR) is 70.5 cm³/mol. The molecule has 0 aromatic carbocycles. The summed E-state index contributed by atoms with van der Waals surface area (Å²) >= 11 is 0. The average Bonchev–Trinajstić information content (AvgIpc) is 2.21. The molecule has 0 rings (SSSR count). The lowest BCUT2D eigenvalue weighted by Crippen LogP contribution is -2.04. The molecule has 0 amide bonds. The van der Waals surface area contributed by atoms with Crippen LogP contribution in [0.2, 0.25) is 0 Å². The number of hydrogen-bond acceptors (Lipinski definition) is 1. The van der Waals surface area contributed by atoms with Gasteiger partial charge in [-0.15, -0.1) is 0 Å². The van der Waals surface area contributed by atoms with E-state index >= 15 is 0 Å². The molecule has 15 heavy (non-hydrogen) atoms. The monoisotopic (exact) mass is 205 g/mol. The van der Waals surface area contributed by atoms with E-state index in [1.807, 2.05) is 13.3 Å². The molecular weight excluding hydrogens is 182 g/mol. The summed E-state index contributed by atoms with van der Waals surface area (Å²) in [6.07, 6.45) is 8.35. The summed E-state index contributed by atoms with van der Waals surface area (Å²) in [5, 5.41) is 0. The fourth-order valence-corrected chi connectivity index (χ4v) is 1.69. The SMILES string of the molecule is C/C=C\C(=C(C)C)C(C)C(/C=N\C)=C/C. The van der Waals surface area contributed by atoms with Gasteiger partial charge < -0.3 is 0 Å². The normalized spacial score (nSPS) is 14.9. The zero-order chi connectivity index (χ0) is 11.8. The maximum atomic E-state index is 4.09. The van der Waals surface area contributed by atoms with Crippen molar-refractivity contribution in [3.8, 4) is 0 Å². The van der Waals surface area contributed by atoms with Crippen LogP contribution in [-0.2, 0) is 0 Å². The second-order valence-corrected chi connectivity index (χ2v) is 3.85. The summed E-state index contributed by atoms with van der Waals surface area (Å²) in [4.78, 5) is 4.09. The second-order valence-electron chi connectivity index (χ2n) is 3.85. The molecule has 0 aromatic heterocycles. The van der Waals surface area contributed by atoms with Gasteiger partial charge in [0.1, 0.15) is 0 Å². The van der Waals surface area contributed by atoms with Crippen LogP contribution in [0.5, 0.6) is 0 Å². The summed E-state index contributed by atoms with van der Waals surface area (Å²) in [6, 6.07) is 0. The van der Waals surface area contributed by atoms with Crippen LogP contribution in [0.25, 0.3) is 0 Å². The first-order valence-corrected chi connectivity index (χ1v) is 5.46. The van der Waals surface area contributed by atoms with Gasteiger partial charge in [-0.1, -0.05) is 30.7 Å². The van der Waals surface area contributed by atoms with Gasteiger partial charge in [0.05, 0.1) is 0 Å². The Labute approximate surface area is 94.3 Å². The average molecular weight is 205 g/mol. The first kappa shape index (κ1) is 13.9. The van der Waals surface area contributed by atoms with Gasteiger partial charge in [-0.25, -0.2) is 0 Å². The van der Waals surface area contributed by atoms with E-state index in [0.717, 1.165) is 0 Å². The van der Waals surface area contributed by atoms with E-state index in [1.54, 1.807) is 0 Å². The maximum absolute atomic E-state index is 4.09. The van der Waals surface area contributed by atoms with Gasteiger partial charge >= 0.3 is 0 Å². The van der Waals surface area contributed by atoms with Crippen molar-refractivity contribution >= 4 is 6.21 Å². The Hall–Kier alpha value is -1.11. The van der Waals surface area contributed by atoms with E-state index in [2.05, 4.69) is 57.8 Å². The Morgan fingerprint density at radius 1 is 1.20 bits per heavy atom. The molecular formula is C14H23N. The molecule has 0 aliphatic heterocycles. The highest BCUT2D eigenvalue weighted by Gasteiger charge is 2.10. The van der Waals surface area contributed by atoms with Crippen molar-refractivity contribution in [3.05, 3.63) is 34.9 Å². The number of allylic oxidation sites excluding steroid dienone is 6. The van der Waals surface area contributed by atoms with Crippen LogP contribution in [-0.4, -0.2) is 13.3 Å². The molecule has 1 unspecified atom stereocenters. The molecule has 1 heteroatoms. The van der Waals surface area contributed by atoms with Crippen LogP contribution in [0.1, 0.15) is 34.6 Å². The largest absolute Gasteiger partial charge is 0.296 e. The summed E-state index contributed by atoms with van der Waals surface area (Å²) in [5.41, 5.74) is 4.02. The van der Waals surface area contributed by atoms with Gasteiger partial charge in [0, 0.05) is 19.2 Å². The Bertz CT molecular complexity index is 299. The fourth-order valence-electron chi connectivity index (χ4n) is 1.69. The van der Waals surface area contributed by atoms with Crippen LogP contribution in [0.4, 0.5) is 0 Å². The highest BCUT2D eigenvalue weighted by Crippen LogP contribution is 2.23. The lowest BCUT2D eigenvalue weighted by molar-refractivity contribution is 0.845. The van der Waals surface area contributed by atoms with Crippen LogP contribution in [0.3, 0.4) is 0 Å². The Morgan fingerprint density at radius 2 is 1.80 bits per heavy atom. The molecule has 0 aromatic rings. The van der Waals surface area contributed by atoms with Crippen LogP contribution < -0.4 is 0 Å². The first-order chi connectivity index (χ1) is 7.08. The van der Waals surface area contributed by atoms with Gasteiger partial charge in [-0.2, -0.15) is 0 Å². The molecule has 0 bridgehead atoms. The van der Waals surface area contributed by atoms with Crippen LogP contribution in [0.15, 0.2) is 39.9 Å². The van der Waals surface area contributed by atoms with Gasteiger partial charge in [0.2, 0.25) is 0 Å². The Kier molecular flexibility index (Phi) is 6.68. The summed E-state index contributed by atoms with van der Waals surface area (Å²) in [5.74, 6) is 0.417. The number of rotatable bonds is 4. The van der Waals surface area contributed by atoms with Crippen molar-refractivity contribution < 1.29 is 0 Å². The molecule has 0 radical (unpaired) electrons. The molecule has 0 aliphatic rings. The van der Waals surface area contributed by atoms with Crippen molar-refractivity contribution in [2.24, 2.45) is 10.9 Å². The van der Waals surface area contributed by atoms with E-state index in [1.165, 1.54) is 16.7 Å². The molecule has 1 atom stereocenters. The molecule has 0 spiro atoms. The van der Waals surface area contributed by atoms with Crippen molar-refractivity contribution in [1.82, 2.24) is 0 Å². The standard InChI is InChI=1S/C14H23N/c1-7-9-14(11(3)4)12(5)13(8-2)10-15-6/h7-10,12H,1-6H3/b9-7-,13-8+,15-10-. The van der Waals surface area contributed by atoms with E-state index in [9.17, 15) is 0 Å². The molecule has 0 fully saturated rings. The predicted octanol–water partition coefficient (Wildman–Crippen LogP) is 4.18. The lowest BCUT2D eigenvalue weighted by atomic mass is 9.90. The third-order valence-electron chi connectivity index (χ3n) is 2.50. The highest BCUT2D eigenvalue weighted by molar-refractivity contribution is 5.80. The zero-order valence-corrected chi connectivity index (χ0v) is 10.8. The molecule has 0 heterocycles. The fraction of sp³-hybridized carbons (Fsp3) is 0.500. The molecule has 0 aliphatic carbocycles. The summed E-state index contributed by atoms with van der Waals surface area (Å²) < 4.78 is 0. The highest BCUT2D eigenvalue weighted by atomic mass is 14.6. The van der Waals surface area contributed by atoms with Crippen molar-refractivity contribution in [1.29, 1.82) is 0 Å². The smallest absolute Gasteiger partial charge is 0.0277 e. The van der Waals surface area contributed by atoms with E-state index in [4.69, 9.17) is 0 Å². The lowest BCUT2D eigenvalue weighted by Gasteiger charge is -2.15. The van der Waals surface area contributed by atoms with Gasteiger partial charge in [0.25, 0.3) is 0 Å². The van der Waals surface area contributed by atoms with Crippen LogP contribution >= 0.6 is 0 Å². The number of hydrogen-bond donors (Lipinski definition) is 0.